The highest BCUT2D eigenvalue weighted by Gasteiger charge is 2.15. The van der Waals surface area contributed by atoms with Crippen LogP contribution in [-0.2, 0) is 9.59 Å². The van der Waals surface area contributed by atoms with Gasteiger partial charge in [-0.1, -0.05) is 25.6 Å². The van der Waals surface area contributed by atoms with Gasteiger partial charge in [-0.3, -0.25) is 9.59 Å². The van der Waals surface area contributed by atoms with Gasteiger partial charge in [0.2, 0.25) is 0 Å². The van der Waals surface area contributed by atoms with Crippen molar-refractivity contribution in [2.45, 2.75) is 19.9 Å². The topological polar surface area (TPSA) is 80.4 Å². The zero-order chi connectivity index (χ0) is 9.72. The Kier molecular flexibility index (Phi) is 4.92. The SMILES string of the molecule is CC(C)C(=O)SC[C@H](N)C(=O)O. The fourth-order valence-electron chi connectivity index (χ4n) is 0.410. The highest BCUT2D eigenvalue weighted by Crippen LogP contribution is 2.10. The molecule has 0 saturated heterocycles. The summed E-state index contributed by atoms with van der Waals surface area (Å²) in [6, 6.07) is -0.947. The monoisotopic (exact) mass is 191 g/mol. The normalized spacial score (nSPS) is 13.0. The van der Waals surface area contributed by atoms with Crippen LogP contribution in [0.4, 0.5) is 0 Å². The van der Waals surface area contributed by atoms with Gasteiger partial charge in [0.1, 0.15) is 6.04 Å². The lowest BCUT2D eigenvalue weighted by Gasteiger charge is -2.06. The molecule has 0 aromatic carbocycles. The Morgan fingerprint density at radius 1 is 1.50 bits per heavy atom. The van der Waals surface area contributed by atoms with Crippen molar-refractivity contribution in [3.8, 4) is 0 Å². The molecular formula is C7H13NO3S. The molecule has 12 heavy (non-hydrogen) atoms. The second-order valence-corrected chi connectivity index (χ2v) is 3.75. The first-order valence-corrected chi connectivity index (χ1v) is 4.58. The van der Waals surface area contributed by atoms with Crippen LogP contribution in [0.1, 0.15) is 13.8 Å². The average molecular weight is 191 g/mol. The van der Waals surface area contributed by atoms with Crippen molar-refractivity contribution in [2.75, 3.05) is 5.75 Å². The van der Waals surface area contributed by atoms with Gasteiger partial charge in [-0.25, -0.2) is 0 Å². The van der Waals surface area contributed by atoms with E-state index in [0.717, 1.165) is 11.8 Å². The van der Waals surface area contributed by atoms with Crippen LogP contribution in [0.5, 0.6) is 0 Å². The molecule has 4 nitrogen and oxygen atoms in total. The average Bonchev–Trinajstić information content (AvgIpc) is 1.98. The van der Waals surface area contributed by atoms with Gasteiger partial charge in [0.05, 0.1) is 0 Å². The van der Waals surface area contributed by atoms with E-state index in [2.05, 4.69) is 0 Å². The molecule has 5 heteroatoms. The molecular weight excluding hydrogens is 178 g/mol. The summed E-state index contributed by atoms with van der Waals surface area (Å²) < 4.78 is 0. The van der Waals surface area contributed by atoms with Crippen molar-refractivity contribution in [3.63, 3.8) is 0 Å². The first-order chi connectivity index (χ1) is 5.45. The van der Waals surface area contributed by atoms with E-state index in [0.29, 0.717) is 0 Å². The van der Waals surface area contributed by atoms with Gasteiger partial charge in [-0.15, -0.1) is 0 Å². The quantitative estimate of drug-likeness (QED) is 0.668. The minimum atomic E-state index is -1.07. The number of carbonyl (C=O) groups is 2. The predicted octanol–water partition coefficient (Wildman–Crippen LogP) is 0.314. The zero-order valence-electron chi connectivity index (χ0n) is 7.11. The summed E-state index contributed by atoms with van der Waals surface area (Å²) in [5, 5.41) is 8.36. The number of hydrogen-bond donors (Lipinski definition) is 2. The van der Waals surface area contributed by atoms with Crippen molar-refractivity contribution in [2.24, 2.45) is 11.7 Å². The first-order valence-electron chi connectivity index (χ1n) is 3.60. The lowest BCUT2D eigenvalue weighted by molar-refractivity contribution is -0.137. The molecule has 0 unspecified atom stereocenters. The molecule has 0 aromatic rings. The maximum Gasteiger partial charge on any atom is 0.321 e. The van der Waals surface area contributed by atoms with Crippen LogP contribution in [0, 0.1) is 5.92 Å². The van der Waals surface area contributed by atoms with Gasteiger partial charge < -0.3 is 10.8 Å². The van der Waals surface area contributed by atoms with Crippen LogP contribution in [0.3, 0.4) is 0 Å². The van der Waals surface area contributed by atoms with E-state index in [9.17, 15) is 9.59 Å². The predicted molar refractivity (Wildman–Crippen MR) is 47.9 cm³/mol. The summed E-state index contributed by atoms with van der Waals surface area (Å²) in [7, 11) is 0. The molecule has 0 radical (unpaired) electrons. The molecule has 0 heterocycles. The lowest BCUT2D eigenvalue weighted by atomic mass is 10.3. The molecule has 0 aliphatic heterocycles. The Morgan fingerprint density at radius 2 is 2.00 bits per heavy atom. The number of nitrogens with two attached hydrogens (primary N) is 1. The molecule has 0 amide bonds. The number of carbonyl (C=O) groups excluding carboxylic acids is 1. The number of hydrogen-bond acceptors (Lipinski definition) is 4. The van der Waals surface area contributed by atoms with Crippen LogP contribution >= 0.6 is 11.8 Å². The summed E-state index contributed by atoms with van der Waals surface area (Å²) in [6.07, 6.45) is 0. The molecule has 70 valence electrons. The molecule has 0 fully saturated rings. The highest BCUT2D eigenvalue weighted by molar-refractivity contribution is 8.13. The fraction of sp³-hybridized carbons (Fsp3) is 0.714. The van der Waals surface area contributed by atoms with Gasteiger partial charge in [-0.2, -0.15) is 0 Å². The van der Waals surface area contributed by atoms with Gasteiger partial charge >= 0.3 is 5.97 Å². The number of carboxylic acid groups (broad SMARTS) is 1. The Bertz CT molecular complexity index is 181. The molecule has 3 N–H and O–H groups in total. The molecule has 0 aromatic heterocycles. The second kappa shape index (κ2) is 5.16. The first kappa shape index (κ1) is 11.4. The van der Waals surface area contributed by atoms with Crippen molar-refractivity contribution >= 4 is 22.8 Å². The van der Waals surface area contributed by atoms with E-state index in [1.807, 2.05) is 0 Å². The van der Waals surface area contributed by atoms with Gasteiger partial charge in [0, 0.05) is 11.7 Å². The third-order valence-electron chi connectivity index (χ3n) is 1.19. The van der Waals surface area contributed by atoms with E-state index in [1.54, 1.807) is 13.8 Å². The molecule has 0 rings (SSSR count). The molecule has 1 atom stereocenters. The van der Waals surface area contributed by atoms with Crippen molar-refractivity contribution in [1.29, 1.82) is 0 Å². The van der Waals surface area contributed by atoms with Crippen LogP contribution in [0.15, 0.2) is 0 Å². The van der Waals surface area contributed by atoms with Gasteiger partial charge in [0.25, 0.3) is 0 Å². The summed E-state index contributed by atoms with van der Waals surface area (Å²) in [5.74, 6) is -0.998. The molecule has 0 aliphatic rings. The van der Waals surface area contributed by atoms with Crippen LogP contribution in [0.25, 0.3) is 0 Å². The Hall–Kier alpha value is -0.550. The number of thioether (sulfide) groups is 1. The van der Waals surface area contributed by atoms with Crippen LogP contribution < -0.4 is 5.73 Å². The van der Waals surface area contributed by atoms with E-state index < -0.39 is 12.0 Å². The molecule has 0 bridgehead atoms. The van der Waals surface area contributed by atoms with Gasteiger partial charge in [-0.05, 0) is 0 Å². The Morgan fingerprint density at radius 3 is 2.33 bits per heavy atom. The fourth-order valence-corrected chi connectivity index (χ4v) is 1.23. The van der Waals surface area contributed by atoms with E-state index >= 15 is 0 Å². The largest absolute Gasteiger partial charge is 0.480 e. The molecule has 0 saturated carbocycles. The lowest BCUT2D eigenvalue weighted by Crippen LogP contribution is -2.33. The minimum Gasteiger partial charge on any atom is -0.480 e. The van der Waals surface area contributed by atoms with Crippen LogP contribution in [-0.4, -0.2) is 28.0 Å². The maximum atomic E-state index is 11.0. The van der Waals surface area contributed by atoms with Crippen molar-refractivity contribution < 1.29 is 14.7 Å². The van der Waals surface area contributed by atoms with Crippen molar-refractivity contribution in [3.05, 3.63) is 0 Å². The van der Waals surface area contributed by atoms with Gasteiger partial charge in [0.15, 0.2) is 5.12 Å². The number of rotatable bonds is 4. The van der Waals surface area contributed by atoms with E-state index in [1.165, 1.54) is 0 Å². The summed E-state index contributed by atoms with van der Waals surface area (Å²) in [6.45, 7) is 3.53. The van der Waals surface area contributed by atoms with Crippen molar-refractivity contribution in [1.82, 2.24) is 0 Å². The maximum absolute atomic E-state index is 11.0. The highest BCUT2D eigenvalue weighted by atomic mass is 32.2. The number of carboxylic acids is 1. The standard InChI is InChI=1S/C7H13NO3S/c1-4(2)7(11)12-3-5(8)6(9)10/h4-5H,3,8H2,1-2H3,(H,9,10)/t5-/m0/s1. The third kappa shape index (κ3) is 4.35. The third-order valence-corrected chi connectivity index (χ3v) is 2.48. The Balaban J connectivity index is 3.69. The van der Waals surface area contributed by atoms with Crippen LogP contribution in [0.2, 0.25) is 0 Å². The Labute approximate surface area is 75.5 Å². The molecule has 0 spiro atoms. The summed E-state index contributed by atoms with van der Waals surface area (Å²) in [4.78, 5) is 21.2. The summed E-state index contributed by atoms with van der Waals surface area (Å²) >= 11 is 0.976. The minimum absolute atomic E-state index is 0.0216. The van der Waals surface area contributed by atoms with E-state index in [4.69, 9.17) is 10.8 Å². The molecule has 0 aliphatic carbocycles. The van der Waals surface area contributed by atoms with E-state index in [-0.39, 0.29) is 16.8 Å². The zero-order valence-corrected chi connectivity index (χ0v) is 7.93. The second-order valence-electron chi connectivity index (χ2n) is 2.73. The number of aliphatic carboxylic acids is 1. The smallest absolute Gasteiger partial charge is 0.321 e. The summed E-state index contributed by atoms with van der Waals surface area (Å²) in [5.41, 5.74) is 5.19.